The van der Waals surface area contributed by atoms with E-state index in [1.54, 1.807) is 19.2 Å². The second-order valence-electron chi connectivity index (χ2n) is 8.28. The quantitative estimate of drug-likeness (QED) is 0.342. The molecular formula is C21H33F3IN5. The van der Waals surface area contributed by atoms with Crippen LogP contribution in [0.1, 0.15) is 30.4 Å². The molecule has 0 spiro atoms. The van der Waals surface area contributed by atoms with Crippen LogP contribution in [0.2, 0.25) is 0 Å². The Kier molecular flexibility index (Phi) is 9.67. The van der Waals surface area contributed by atoms with E-state index in [1.165, 1.54) is 19.4 Å². The molecule has 0 bridgehead atoms. The van der Waals surface area contributed by atoms with Gasteiger partial charge in [-0.3, -0.25) is 9.89 Å². The third kappa shape index (κ3) is 7.56. The van der Waals surface area contributed by atoms with Crippen LogP contribution >= 0.6 is 24.0 Å². The van der Waals surface area contributed by atoms with Crippen molar-refractivity contribution < 1.29 is 13.2 Å². The first-order valence-electron chi connectivity index (χ1n) is 10.4. The van der Waals surface area contributed by atoms with Crippen molar-refractivity contribution in [2.45, 2.75) is 38.0 Å². The summed E-state index contributed by atoms with van der Waals surface area (Å²) in [6, 6.07) is 5.77. The Labute approximate surface area is 194 Å². The van der Waals surface area contributed by atoms with Crippen LogP contribution in [0.25, 0.3) is 0 Å². The molecule has 2 aliphatic heterocycles. The van der Waals surface area contributed by atoms with Crippen molar-refractivity contribution in [3.63, 3.8) is 0 Å². The molecule has 9 heteroatoms. The van der Waals surface area contributed by atoms with E-state index in [1.807, 2.05) is 0 Å². The molecule has 2 N–H and O–H groups in total. The predicted octanol–water partition coefficient (Wildman–Crippen LogP) is 3.40. The van der Waals surface area contributed by atoms with Gasteiger partial charge in [-0.1, -0.05) is 12.1 Å². The van der Waals surface area contributed by atoms with Gasteiger partial charge in [0, 0.05) is 45.8 Å². The molecule has 5 nitrogen and oxygen atoms in total. The molecule has 2 heterocycles. The zero-order chi connectivity index (χ0) is 20.9. The number of piperidine rings is 1. The Morgan fingerprint density at radius 3 is 2.50 bits per heavy atom. The minimum Gasteiger partial charge on any atom is -0.356 e. The van der Waals surface area contributed by atoms with Crippen molar-refractivity contribution in [3.05, 3.63) is 35.4 Å². The highest BCUT2D eigenvalue weighted by Gasteiger charge is 2.30. The van der Waals surface area contributed by atoms with E-state index in [2.05, 4.69) is 32.5 Å². The van der Waals surface area contributed by atoms with Crippen molar-refractivity contribution in [2.75, 3.05) is 46.8 Å². The number of halogens is 4. The van der Waals surface area contributed by atoms with E-state index in [4.69, 9.17) is 0 Å². The lowest BCUT2D eigenvalue weighted by atomic mass is 9.99. The van der Waals surface area contributed by atoms with Crippen molar-refractivity contribution in [3.8, 4) is 0 Å². The van der Waals surface area contributed by atoms with Crippen LogP contribution in [0.3, 0.4) is 0 Å². The summed E-state index contributed by atoms with van der Waals surface area (Å²) in [7, 11) is 3.96. The van der Waals surface area contributed by atoms with E-state index in [-0.39, 0.29) is 24.0 Å². The smallest absolute Gasteiger partial charge is 0.356 e. The van der Waals surface area contributed by atoms with Crippen molar-refractivity contribution in [1.29, 1.82) is 0 Å². The molecule has 2 saturated heterocycles. The van der Waals surface area contributed by atoms with Gasteiger partial charge in [0.25, 0.3) is 0 Å². The summed E-state index contributed by atoms with van der Waals surface area (Å²) >= 11 is 0. The van der Waals surface area contributed by atoms with Gasteiger partial charge < -0.3 is 15.5 Å². The first-order chi connectivity index (χ1) is 13.8. The summed E-state index contributed by atoms with van der Waals surface area (Å²) in [5, 5.41) is 6.95. The van der Waals surface area contributed by atoms with Crippen LogP contribution in [0, 0.1) is 5.92 Å². The molecule has 0 aromatic heterocycles. The number of nitrogens with one attached hydrogen (secondary N) is 2. The Bertz CT molecular complexity index is 680. The van der Waals surface area contributed by atoms with Gasteiger partial charge in [0.05, 0.1) is 5.56 Å². The summed E-state index contributed by atoms with van der Waals surface area (Å²) in [6.45, 7) is 5.66. The standard InChI is InChI=1S/C21H32F3N5.HI/c1-25-20(26-12-17-4-3-10-28(2)13-17)27-19-9-11-29(15-19)14-16-5-7-18(8-6-16)21(22,23)24;/h5-8,17,19H,3-4,9-15H2,1-2H3,(H2,25,26,27);1H. The van der Waals surface area contributed by atoms with Gasteiger partial charge in [0.1, 0.15) is 0 Å². The van der Waals surface area contributed by atoms with E-state index in [0.717, 1.165) is 56.3 Å². The molecule has 2 atom stereocenters. The zero-order valence-corrected chi connectivity index (χ0v) is 20.0. The summed E-state index contributed by atoms with van der Waals surface area (Å²) in [5.74, 6) is 1.48. The minimum absolute atomic E-state index is 0. The maximum Gasteiger partial charge on any atom is 0.416 e. The fraction of sp³-hybridized carbons (Fsp3) is 0.667. The first-order valence-corrected chi connectivity index (χ1v) is 10.4. The maximum absolute atomic E-state index is 12.7. The molecule has 0 saturated carbocycles. The van der Waals surface area contributed by atoms with E-state index in [0.29, 0.717) is 18.5 Å². The fourth-order valence-corrected chi connectivity index (χ4v) is 4.22. The normalized spacial score (nSPS) is 23.8. The summed E-state index contributed by atoms with van der Waals surface area (Å²) in [6.07, 6.45) is -0.792. The largest absolute Gasteiger partial charge is 0.416 e. The SMILES string of the molecule is CN=C(NCC1CCCN(C)C1)NC1CCN(Cc2ccc(C(F)(F)F)cc2)C1.I. The average Bonchev–Trinajstić information content (AvgIpc) is 3.11. The zero-order valence-electron chi connectivity index (χ0n) is 17.7. The van der Waals surface area contributed by atoms with Gasteiger partial charge in [-0.2, -0.15) is 13.2 Å². The topological polar surface area (TPSA) is 42.9 Å². The van der Waals surface area contributed by atoms with Crippen LogP contribution in [0.15, 0.2) is 29.3 Å². The number of hydrogen-bond donors (Lipinski definition) is 2. The maximum atomic E-state index is 12.7. The molecule has 1 aromatic rings. The highest BCUT2D eigenvalue weighted by molar-refractivity contribution is 14.0. The number of rotatable bonds is 5. The van der Waals surface area contributed by atoms with Gasteiger partial charge >= 0.3 is 6.18 Å². The Hall–Kier alpha value is -1.07. The third-order valence-corrected chi connectivity index (χ3v) is 5.80. The second-order valence-corrected chi connectivity index (χ2v) is 8.28. The van der Waals surface area contributed by atoms with Crippen molar-refractivity contribution in [1.82, 2.24) is 20.4 Å². The second kappa shape index (κ2) is 11.5. The van der Waals surface area contributed by atoms with E-state index < -0.39 is 11.7 Å². The summed E-state index contributed by atoms with van der Waals surface area (Å²) in [5.41, 5.74) is 0.309. The van der Waals surface area contributed by atoms with Crippen molar-refractivity contribution >= 4 is 29.9 Å². The third-order valence-electron chi connectivity index (χ3n) is 5.80. The van der Waals surface area contributed by atoms with Crippen LogP contribution in [-0.4, -0.2) is 68.6 Å². The van der Waals surface area contributed by atoms with Gasteiger partial charge in [0.2, 0.25) is 0 Å². The van der Waals surface area contributed by atoms with Crippen LogP contribution in [0.4, 0.5) is 13.2 Å². The van der Waals surface area contributed by atoms with Crippen LogP contribution < -0.4 is 10.6 Å². The van der Waals surface area contributed by atoms with Gasteiger partial charge in [-0.25, -0.2) is 0 Å². The summed E-state index contributed by atoms with van der Waals surface area (Å²) < 4.78 is 38.1. The molecule has 30 heavy (non-hydrogen) atoms. The summed E-state index contributed by atoms with van der Waals surface area (Å²) in [4.78, 5) is 9.00. The number of nitrogens with zero attached hydrogens (tertiary/aromatic N) is 3. The Morgan fingerprint density at radius 1 is 1.13 bits per heavy atom. The number of alkyl halides is 3. The number of hydrogen-bond acceptors (Lipinski definition) is 3. The molecule has 2 fully saturated rings. The predicted molar refractivity (Wildman–Crippen MR) is 125 cm³/mol. The number of guanidine groups is 1. The number of benzene rings is 1. The molecule has 0 aliphatic carbocycles. The van der Waals surface area contributed by atoms with Crippen LogP contribution in [-0.2, 0) is 12.7 Å². The number of aliphatic imine (C=N–C) groups is 1. The Morgan fingerprint density at radius 2 is 1.87 bits per heavy atom. The lowest BCUT2D eigenvalue weighted by Gasteiger charge is -2.30. The van der Waals surface area contributed by atoms with Gasteiger partial charge in [-0.15, -0.1) is 24.0 Å². The highest BCUT2D eigenvalue weighted by atomic mass is 127. The van der Waals surface area contributed by atoms with Gasteiger partial charge in [0.15, 0.2) is 5.96 Å². The van der Waals surface area contributed by atoms with Gasteiger partial charge in [-0.05, 0) is 56.5 Å². The Balaban J connectivity index is 0.00000320. The van der Waals surface area contributed by atoms with E-state index >= 15 is 0 Å². The molecule has 3 rings (SSSR count). The molecule has 1 aromatic carbocycles. The molecule has 0 amide bonds. The molecule has 2 unspecified atom stereocenters. The monoisotopic (exact) mass is 539 g/mol. The molecule has 170 valence electrons. The lowest BCUT2D eigenvalue weighted by Crippen LogP contribution is -2.47. The molecule has 0 radical (unpaired) electrons. The minimum atomic E-state index is -4.28. The highest BCUT2D eigenvalue weighted by Crippen LogP contribution is 2.29. The van der Waals surface area contributed by atoms with Crippen molar-refractivity contribution in [2.24, 2.45) is 10.9 Å². The molecule has 2 aliphatic rings. The van der Waals surface area contributed by atoms with Crippen LogP contribution in [0.5, 0.6) is 0 Å². The van der Waals surface area contributed by atoms with E-state index in [9.17, 15) is 13.2 Å². The lowest BCUT2D eigenvalue weighted by molar-refractivity contribution is -0.137. The average molecular weight is 539 g/mol. The number of likely N-dealkylation sites (tertiary alicyclic amines) is 2. The fourth-order valence-electron chi connectivity index (χ4n) is 4.22. The first kappa shape index (κ1) is 25.2. The molecular weight excluding hydrogens is 506 g/mol.